The fourth-order valence-corrected chi connectivity index (χ4v) is 3.49. The maximum atomic E-state index is 4.63. The molecule has 2 aromatic heterocycles. The minimum absolute atomic E-state index is 0.197. The van der Waals surface area contributed by atoms with Crippen LogP contribution in [-0.4, -0.2) is 14.8 Å². The van der Waals surface area contributed by atoms with Gasteiger partial charge in [0.25, 0.3) is 0 Å². The number of hydrogen-bond acceptors (Lipinski definition) is 4. The third-order valence-electron chi connectivity index (χ3n) is 3.80. The molecule has 0 aliphatic rings. The monoisotopic (exact) mass is 320 g/mol. The summed E-state index contributed by atoms with van der Waals surface area (Å²) in [5.74, 6) is 0. The van der Waals surface area contributed by atoms with E-state index in [1.54, 1.807) is 17.5 Å². The zero-order valence-electron chi connectivity index (χ0n) is 12.7. The highest BCUT2D eigenvalue weighted by Gasteiger charge is 2.09. The van der Waals surface area contributed by atoms with Crippen molar-refractivity contribution >= 4 is 26.7 Å². The first kappa shape index (κ1) is 14.0. The quantitative estimate of drug-likeness (QED) is 0.595. The Hall–Kier alpha value is -2.66. The summed E-state index contributed by atoms with van der Waals surface area (Å²) in [6.07, 6.45) is 3.73. The maximum Gasteiger partial charge on any atom is 0.184 e. The molecular weight excluding hydrogens is 304 g/mol. The molecule has 0 saturated heterocycles. The molecule has 0 radical (unpaired) electrons. The Morgan fingerprint density at radius 3 is 2.61 bits per heavy atom. The van der Waals surface area contributed by atoms with Crippen LogP contribution in [0.4, 0.5) is 5.13 Å². The van der Waals surface area contributed by atoms with E-state index in [0.29, 0.717) is 0 Å². The second-order valence-corrected chi connectivity index (χ2v) is 6.43. The van der Waals surface area contributed by atoms with Gasteiger partial charge in [0.15, 0.2) is 5.13 Å². The van der Waals surface area contributed by atoms with E-state index in [1.807, 2.05) is 35.1 Å². The lowest BCUT2D eigenvalue weighted by Crippen LogP contribution is -2.06. The molecule has 0 amide bonds. The molecule has 0 spiro atoms. The second kappa shape index (κ2) is 5.85. The zero-order valence-corrected chi connectivity index (χ0v) is 13.5. The molecule has 1 unspecified atom stereocenters. The smallest absolute Gasteiger partial charge is 0.184 e. The van der Waals surface area contributed by atoms with Crippen molar-refractivity contribution in [1.82, 2.24) is 14.8 Å². The summed E-state index contributed by atoms with van der Waals surface area (Å²) in [6, 6.07) is 18.7. The molecule has 4 rings (SSSR count). The standard InChI is InChI=1S/C18H16N4S/c1-13(20-18-21-16-5-2-3-6-17(16)23-18)14-7-9-15(10-8-14)22-12-4-11-19-22/h2-13H,1H3,(H,20,21). The first-order valence-corrected chi connectivity index (χ1v) is 8.33. The summed E-state index contributed by atoms with van der Waals surface area (Å²) in [5, 5.41) is 8.69. The Morgan fingerprint density at radius 1 is 1.04 bits per heavy atom. The molecule has 5 heteroatoms. The fraction of sp³-hybridized carbons (Fsp3) is 0.111. The summed E-state index contributed by atoms with van der Waals surface area (Å²) in [6.45, 7) is 2.15. The highest BCUT2D eigenvalue weighted by molar-refractivity contribution is 7.22. The van der Waals surface area contributed by atoms with Gasteiger partial charge in [0.1, 0.15) is 0 Å². The highest BCUT2D eigenvalue weighted by Crippen LogP contribution is 2.28. The summed E-state index contributed by atoms with van der Waals surface area (Å²) < 4.78 is 3.06. The Kier molecular flexibility index (Phi) is 3.55. The van der Waals surface area contributed by atoms with Gasteiger partial charge in [-0.1, -0.05) is 35.6 Å². The van der Waals surface area contributed by atoms with Crippen LogP contribution in [-0.2, 0) is 0 Å². The number of benzene rings is 2. The van der Waals surface area contributed by atoms with Crippen LogP contribution in [0.1, 0.15) is 18.5 Å². The third-order valence-corrected chi connectivity index (χ3v) is 4.76. The predicted octanol–water partition coefficient (Wildman–Crippen LogP) is 4.66. The third kappa shape index (κ3) is 2.83. The van der Waals surface area contributed by atoms with E-state index in [0.717, 1.165) is 16.3 Å². The van der Waals surface area contributed by atoms with Gasteiger partial charge in [0.05, 0.1) is 21.9 Å². The van der Waals surface area contributed by atoms with Crippen molar-refractivity contribution in [3.63, 3.8) is 0 Å². The minimum atomic E-state index is 0.197. The Bertz CT molecular complexity index is 877. The molecule has 0 bridgehead atoms. The average Bonchev–Trinajstić information content (AvgIpc) is 3.24. The van der Waals surface area contributed by atoms with E-state index in [1.165, 1.54) is 10.3 Å². The lowest BCUT2D eigenvalue weighted by atomic mass is 10.1. The zero-order chi connectivity index (χ0) is 15.6. The van der Waals surface area contributed by atoms with Crippen LogP contribution in [0.5, 0.6) is 0 Å². The molecule has 0 aliphatic carbocycles. The summed E-state index contributed by atoms with van der Waals surface area (Å²) in [7, 11) is 0. The molecule has 2 aromatic carbocycles. The molecule has 1 N–H and O–H groups in total. The molecule has 2 heterocycles. The number of para-hydroxylation sites is 1. The number of nitrogens with zero attached hydrogens (tertiary/aromatic N) is 3. The van der Waals surface area contributed by atoms with E-state index in [4.69, 9.17) is 0 Å². The first-order chi connectivity index (χ1) is 11.3. The van der Waals surface area contributed by atoms with Crippen molar-refractivity contribution in [2.24, 2.45) is 0 Å². The SMILES string of the molecule is CC(Nc1nc2ccccc2s1)c1ccc(-n2cccn2)cc1. The Morgan fingerprint density at radius 2 is 1.87 bits per heavy atom. The van der Waals surface area contributed by atoms with Crippen molar-refractivity contribution in [1.29, 1.82) is 0 Å². The van der Waals surface area contributed by atoms with Gasteiger partial charge in [0.2, 0.25) is 0 Å². The highest BCUT2D eigenvalue weighted by atomic mass is 32.1. The van der Waals surface area contributed by atoms with Gasteiger partial charge in [-0.05, 0) is 42.8 Å². The Labute approximate surface area is 138 Å². The van der Waals surface area contributed by atoms with Gasteiger partial charge in [-0.15, -0.1) is 0 Å². The van der Waals surface area contributed by atoms with Gasteiger partial charge in [-0.25, -0.2) is 9.67 Å². The van der Waals surface area contributed by atoms with Crippen LogP contribution in [0, 0.1) is 0 Å². The van der Waals surface area contributed by atoms with Gasteiger partial charge < -0.3 is 5.32 Å². The molecule has 4 nitrogen and oxygen atoms in total. The molecule has 0 aliphatic heterocycles. The van der Waals surface area contributed by atoms with Crippen molar-refractivity contribution in [2.45, 2.75) is 13.0 Å². The van der Waals surface area contributed by atoms with E-state index in [9.17, 15) is 0 Å². The van der Waals surface area contributed by atoms with E-state index in [2.05, 4.69) is 52.7 Å². The van der Waals surface area contributed by atoms with Crippen LogP contribution in [0.15, 0.2) is 67.0 Å². The van der Waals surface area contributed by atoms with Gasteiger partial charge in [-0.3, -0.25) is 0 Å². The maximum absolute atomic E-state index is 4.63. The lowest BCUT2D eigenvalue weighted by Gasteiger charge is -2.13. The van der Waals surface area contributed by atoms with Crippen LogP contribution in [0.3, 0.4) is 0 Å². The summed E-state index contributed by atoms with van der Waals surface area (Å²) in [5.41, 5.74) is 3.33. The summed E-state index contributed by atoms with van der Waals surface area (Å²) >= 11 is 1.69. The van der Waals surface area contributed by atoms with Crippen molar-refractivity contribution in [3.8, 4) is 5.69 Å². The van der Waals surface area contributed by atoms with Crippen LogP contribution >= 0.6 is 11.3 Å². The first-order valence-electron chi connectivity index (χ1n) is 7.52. The number of anilines is 1. The molecule has 1 atom stereocenters. The number of fused-ring (bicyclic) bond motifs is 1. The molecule has 4 aromatic rings. The van der Waals surface area contributed by atoms with Gasteiger partial charge in [-0.2, -0.15) is 5.10 Å². The normalized spacial score (nSPS) is 12.4. The van der Waals surface area contributed by atoms with E-state index in [-0.39, 0.29) is 6.04 Å². The van der Waals surface area contributed by atoms with E-state index < -0.39 is 0 Å². The van der Waals surface area contributed by atoms with E-state index >= 15 is 0 Å². The van der Waals surface area contributed by atoms with Crippen molar-refractivity contribution in [3.05, 3.63) is 72.6 Å². The number of rotatable bonds is 4. The largest absolute Gasteiger partial charge is 0.355 e. The van der Waals surface area contributed by atoms with Crippen LogP contribution in [0.25, 0.3) is 15.9 Å². The van der Waals surface area contributed by atoms with Gasteiger partial charge >= 0.3 is 0 Å². The average molecular weight is 320 g/mol. The number of nitrogens with one attached hydrogen (secondary N) is 1. The second-order valence-electron chi connectivity index (χ2n) is 5.39. The molecule has 23 heavy (non-hydrogen) atoms. The van der Waals surface area contributed by atoms with Crippen molar-refractivity contribution < 1.29 is 0 Å². The Balaban J connectivity index is 1.53. The van der Waals surface area contributed by atoms with Crippen LogP contribution in [0.2, 0.25) is 0 Å². The molecule has 114 valence electrons. The number of hydrogen-bond donors (Lipinski definition) is 1. The van der Waals surface area contributed by atoms with Crippen LogP contribution < -0.4 is 5.32 Å². The summed E-state index contributed by atoms with van der Waals surface area (Å²) in [4.78, 5) is 4.63. The molecular formula is C18H16N4S. The fourth-order valence-electron chi connectivity index (χ4n) is 2.54. The number of aromatic nitrogens is 3. The number of thiazole rings is 1. The topological polar surface area (TPSA) is 42.7 Å². The minimum Gasteiger partial charge on any atom is -0.355 e. The van der Waals surface area contributed by atoms with Crippen molar-refractivity contribution in [2.75, 3.05) is 5.32 Å². The lowest BCUT2D eigenvalue weighted by molar-refractivity contribution is 0.863. The molecule has 0 fully saturated rings. The van der Waals surface area contributed by atoms with Gasteiger partial charge in [0, 0.05) is 12.4 Å². The molecule has 0 saturated carbocycles. The predicted molar refractivity (Wildman–Crippen MR) is 95.2 cm³/mol.